The molecule has 0 radical (unpaired) electrons. The summed E-state index contributed by atoms with van der Waals surface area (Å²) < 4.78 is 0. The van der Waals surface area contributed by atoms with Gasteiger partial charge in [-0.1, -0.05) is 29.7 Å². The maximum Gasteiger partial charge on any atom is 0.316 e. The van der Waals surface area contributed by atoms with E-state index in [0.717, 1.165) is 0 Å². The third kappa shape index (κ3) is 2.18. The Bertz CT molecular complexity index is 536. The monoisotopic (exact) mass is 262 g/mol. The van der Waals surface area contributed by atoms with Crippen LogP contribution in [0.5, 0.6) is 0 Å². The molecule has 0 aliphatic carbocycles. The maximum atomic E-state index is 12.0. The first-order valence-corrected chi connectivity index (χ1v) is 5.81. The van der Waals surface area contributed by atoms with Gasteiger partial charge in [0.15, 0.2) is 0 Å². The number of anilines is 1. The van der Waals surface area contributed by atoms with Gasteiger partial charge in [-0.15, -0.1) is 6.42 Å². The molecule has 2 amide bonds. The minimum atomic E-state index is -0.593. The molecule has 0 atom stereocenters. The number of halogens is 1. The van der Waals surface area contributed by atoms with Crippen LogP contribution in [0, 0.1) is 12.3 Å². The van der Waals surface area contributed by atoms with Crippen molar-refractivity contribution in [3.8, 4) is 12.3 Å². The molecule has 0 N–H and O–H groups in total. The molecule has 1 aromatic carbocycles. The van der Waals surface area contributed by atoms with Gasteiger partial charge in [0.2, 0.25) is 0 Å². The number of piperazine rings is 1. The molecule has 0 bridgehead atoms. The van der Waals surface area contributed by atoms with E-state index in [1.54, 1.807) is 24.3 Å². The van der Waals surface area contributed by atoms with Crippen LogP contribution in [0.15, 0.2) is 24.3 Å². The molecule has 5 heteroatoms. The highest BCUT2D eigenvalue weighted by molar-refractivity contribution is 6.42. The fourth-order valence-corrected chi connectivity index (χ4v) is 2.07. The maximum absolute atomic E-state index is 12.0. The normalized spacial score (nSPS) is 15.8. The molecule has 1 aliphatic rings. The number of benzene rings is 1. The molecule has 1 saturated heterocycles. The van der Waals surface area contributed by atoms with Crippen molar-refractivity contribution in [3.63, 3.8) is 0 Å². The van der Waals surface area contributed by atoms with Crippen LogP contribution >= 0.6 is 11.6 Å². The number of hydrogen-bond acceptors (Lipinski definition) is 2. The van der Waals surface area contributed by atoms with Crippen molar-refractivity contribution in [2.24, 2.45) is 0 Å². The van der Waals surface area contributed by atoms with Crippen LogP contribution in [-0.2, 0) is 9.59 Å². The van der Waals surface area contributed by atoms with E-state index in [0.29, 0.717) is 23.8 Å². The van der Waals surface area contributed by atoms with Crippen molar-refractivity contribution in [3.05, 3.63) is 29.3 Å². The summed E-state index contributed by atoms with van der Waals surface area (Å²) in [6, 6.07) is 6.94. The number of amides is 2. The van der Waals surface area contributed by atoms with Crippen molar-refractivity contribution in [1.82, 2.24) is 4.90 Å². The second kappa shape index (κ2) is 5.11. The fourth-order valence-electron chi connectivity index (χ4n) is 1.84. The Morgan fingerprint density at radius 3 is 2.61 bits per heavy atom. The summed E-state index contributed by atoms with van der Waals surface area (Å²) in [7, 11) is 0. The van der Waals surface area contributed by atoms with Gasteiger partial charge in [-0.3, -0.25) is 9.59 Å². The van der Waals surface area contributed by atoms with Crippen molar-refractivity contribution in [1.29, 1.82) is 0 Å². The molecule has 0 spiro atoms. The van der Waals surface area contributed by atoms with Crippen LogP contribution < -0.4 is 4.90 Å². The molecule has 0 saturated carbocycles. The molecule has 1 aliphatic heterocycles. The zero-order valence-corrected chi connectivity index (χ0v) is 10.4. The second-order valence-corrected chi connectivity index (χ2v) is 4.25. The van der Waals surface area contributed by atoms with E-state index in [1.807, 2.05) is 0 Å². The quantitative estimate of drug-likeness (QED) is 0.593. The predicted molar refractivity (Wildman–Crippen MR) is 69.2 cm³/mol. The van der Waals surface area contributed by atoms with E-state index in [2.05, 4.69) is 5.92 Å². The Hall–Kier alpha value is -1.99. The zero-order valence-electron chi connectivity index (χ0n) is 9.60. The van der Waals surface area contributed by atoms with Gasteiger partial charge in [0.05, 0.1) is 17.3 Å². The van der Waals surface area contributed by atoms with Gasteiger partial charge in [-0.05, 0) is 12.1 Å². The molecule has 0 unspecified atom stereocenters. The summed E-state index contributed by atoms with van der Waals surface area (Å²) in [5.74, 6) is 1.19. The van der Waals surface area contributed by atoms with Crippen LogP contribution in [0.3, 0.4) is 0 Å². The first-order chi connectivity index (χ1) is 8.65. The summed E-state index contributed by atoms with van der Waals surface area (Å²) in [5.41, 5.74) is 0.554. The summed E-state index contributed by atoms with van der Waals surface area (Å²) in [6.45, 7) is 0.969. The number of hydrogen-bond donors (Lipinski definition) is 0. The van der Waals surface area contributed by atoms with E-state index < -0.39 is 11.8 Å². The Morgan fingerprint density at radius 2 is 1.94 bits per heavy atom. The molecule has 0 aromatic heterocycles. The molecule has 4 nitrogen and oxygen atoms in total. The van der Waals surface area contributed by atoms with Crippen LogP contribution in [-0.4, -0.2) is 36.3 Å². The largest absolute Gasteiger partial charge is 0.322 e. The lowest BCUT2D eigenvalue weighted by molar-refractivity contribution is -0.145. The van der Waals surface area contributed by atoms with E-state index in [-0.39, 0.29) is 6.54 Å². The first-order valence-electron chi connectivity index (χ1n) is 5.44. The summed E-state index contributed by atoms with van der Waals surface area (Å²) in [6.07, 6.45) is 5.15. The fraction of sp³-hybridized carbons (Fsp3) is 0.231. The van der Waals surface area contributed by atoms with Crippen molar-refractivity contribution in [2.45, 2.75) is 0 Å². The second-order valence-electron chi connectivity index (χ2n) is 3.84. The summed E-state index contributed by atoms with van der Waals surface area (Å²) in [5, 5.41) is 0.448. The highest BCUT2D eigenvalue weighted by atomic mass is 35.5. The molecular formula is C13H11ClN2O2. The lowest BCUT2D eigenvalue weighted by atomic mass is 10.2. The number of para-hydroxylation sites is 1. The van der Waals surface area contributed by atoms with E-state index in [1.165, 1.54) is 9.80 Å². The number of carbonyl (C=O) groups excluding carboxylic acids is 2. The number of carbonyl (C=O) groups is 2. The van der Waals surface area contributed by atoms with Gasteiger partial charge in [0.25, 0.3) is 0 Å². The lowest BCUT2D eigenvalue weighted by Crippen LogP contribution is -2.54. The minimum Gasteiger partial charge on any atom is -0.322 e. The van der Waals surface area contributed by atoms with Gasteiger partial charge < -0.3 is 9.80 Å². The van der Waals surface area contributed by atoms with Crippen molar-refractivity contribution < 1.29 is 9.59 Å². The molecule has 92 valence electrons. The van der Waals surface area contributed by atoms with E-state index in [9.17, 15) is 9.59 Å². The molecule has 2 rings (SSSR count). The van der Waals surface area contributed by atoms with Crippen LogP contribution in [0.4, 0.5) is 5.69 Å². The predicted octanol–water partition coefficient (Wildman–Crippen LogP) is 1.15. The minimum absolute atomic E-state index is 0.154. The van der Waals surface area contributed by atoms with Crippen molar-refractivity contribution in [2.75, 3.05) is 24.5 Å². The van der Waals surface area contributed by atoms with Crippen LogP contribution in [0.2, 0.25) is 5.02 Å². The van der Waals surface area contributed by atoms with E-state index in [4.69, 9.17) is 18.0 Å². The molecule has 1 aromatic rings. The van der Waals surface area contributed by atoms with Crippen LogP contribution in [0.1, 0.15) is 0 Å². The highest BCUT2D eigenvalue weighted by Gasteiger charge is 2.33. The average Bonchev–Trinajstić information content (AvgIpc) is 2.37. The molecular weight excluding hydrogens is 252 g/mol. The standard InChI is InChI=1S/C13H11ClN2O2/c1-2-7-15-8-9-16(13(18)12(15)17)11-6-4-3-5-10(11)14/h1,3-6H,7-9H2. The number of rotatable bonds is 2. The van der Waals surface area contributed by atoms with Gasteiger partial charge in [0, 0.05) is 13.1 Å². The van der Waals surface area contributed by atoms with Crippen molar-refractivity contribution >= 4 is 29.1 Å². The lowest BCUT2D eigenvalue weighted by Gasteiger charge is -2.33. The Morgan fingerprint density at radius 1 is 1.22 bits per heavy atom. The molecule has 1 heterocycles. The molecule has 18 heavy (non-hydrogen) atoms. The number of terminal acetylenes is 1. The Labute approximate surface area is 110 Å². The summed E-state index contributed by atoms with van der Waals surface area (Å²) in [4.78, 5) is 26.5. The highest BCUT2D eigenvalue weighted by Crippen LogP contribution is 2.26. The first kappa shape index (κ1) is 12.5. The van der Waals surface area contributed by atoms with Crippen LogP contribution in [0.25, 0.3) is 0 Å². The Kier molecular flexibility index (Phi) is 3.54. The SMILES string of the molecule is C#CCN1CCN(c2ccccc2Cl)C(=O)C1=O. The third-order valence-electron chi connectivity index (χ3n) is 2.73. The third-order valence-corrected chi connectivity index (χ3v) is 3.05. The van der Waals surface area contributed by atoms with Gasteiger partial charge >= 0.3 is 11.8 Å². The van der Waals surface area contributed by atoms with Gasteiger partial charge in [-0.25, -0.2) is 0 Å². The summed E-state index contributed by atoms with van der Waals surface area (Å²) >= 11 is 6.02. The Balaban J connectivity index is 2.24. The molecule has 1 fully saturated rings. The van der Waals surface area contributed by atoms with E-state index >= 15 is 0 Å². The average molecular weight is 263 g/mol. The smallest absolute Gasteiger partial charge is 0.316 e. The zero-order chi connectivity index (χ0) is 13.1. The van der Waals surface area contributed by atoms with Gasteiger partial charge in [0.1, 0.15) is 0 Å². The number of nitrogens with zero attached hydrogens (tertiary/aromatic N) is 2. The topological polar surface area (TPSA) is 40.6 Å². The van der Waals surface area contributed by atoms with Gasteiger partial charge in [-0.2, -0.15) is 0 Å².